The summed E-state index contributed by atoms with van der Waals surface area (Å²) >= 11 is 0. The average Bonchev–Trinajstić information content (AvgIpc) is 3.37. The van der Waals surface area contributed by atoms with E-state index in [1.807, 2.05) is 18.3 Å². The van der Waals surface area contributed by atoms with Crippen LogP contribution in [0, 0.1) is 11.6 Å². The van der Waals surface area contributed by atoms with Gasteiger partial charge in [-0.3, -0.25) is 9.88 Å². The van der Waals surface area contributed by atoms with E-state index in [2.05, 4.69) is 20.9 Å². The summed E-state index contributed by atoms with van der Waals surface area (Å²) in [5, 5.41) is 0. The van der Waals surface area contributed by atoms with Crippen molar-refractivity contribution in [3.63, 3.8) is 0 Å². The van der Waals surface area contributed by atoms with Crippen molar-refractivity contribution in [1.82, 2.24) is 14.9 Å². The first-order valence-electron chi connectivity index (χ1n) is 9.73. The molecule has 0 saturated carbocycles. The lowest BCUT2D eigenvalue weighted by Gasteiger charge is -2.28. The van der Waals surface area contributed by atoms with E-state index in [0.29, 0.717) is 11.6 Å². The molecule has 142 valence electrons. The molecular formula is C23H21F2N3. The summed E-state index contributed by atoms with van der Waals surface area (Å²) < 4.78 is 27.3. The molecule has 1 N–H and O–H groups in total. The monoisotopic (exact) mass is 377 g/mol. The van der Waals surface area contributed by atoms with E-state index in [1.165, 1.54) is 37.1 Å². The number of hydrogen-bond acceptors (Lipinski definition) is 2. The molecule has 1 atom stereocenters. The lowest BCUT2D eigenvalue weighted by Crippen LogP contribution is -2.32. The predicted molar refractivity (Wildman–Crippen MR) is 107 cm³/mol. The highest BCUT2D eigenvalue weighted by Gasteiger charge is 2.28. The third-order valence-corrected chi connectivity index (χ3v) is 5.88. The van der Waals surface area contributed by atoms with E-state index >= 15 is 0 Å². The van der Waals surface area contributed by atoms with E-state index in [9.17, 15) is 8.78 Å². The normalized spacial score (nSPS) is 19.5. The van der Waals surface area contributed by atoms with Crippen molar-refractivity contribution in [3.8, 4) is 22.4 Å². The fraction of sp³-hybridized carbons (Fsp3) is 0.261. The maximum atomic E-state index is 13.9. The lowest BCUT2D eigenvalue weighted by atomic mass is 9.90. The quantitative estimate of drug-likeness (QED) is 0.674. The van der Waals surface area contributed by atoms with Crippen molar-refractivity contribution < 1.29 is 8.78 Å². The van der Waals surface area contributed by atoms with Crippen LogP contribution in [0.5, 0.6) is 0 Å². The molecule has 2 aromatic heterocycles. The first-order valence-corrected chi connectivity index (χ1v) is 9.73. The minimum atomic E-state index is -0.840. The Balaban J connectivity index is 1.66. The molecule has 5 rings (SSSR count). The number of halogens is 2. The second-order valence-corrected chi connectivity index (χ2v) is 7.50. The molecule has 3 aromatic rings. The van der Waals surface area contributed by atoms with Gasteiger partial charge in [0, 0.05) is 47.9 Å². The molecule has 1 aromatic carbocycles. The summed E-state index contributed by atoms with van der Waals surface area (Å²) in [7, 11) is 0. The van der Waals surface area contributed by atoms with Crippen LogP contribution in [0.25, 0.3) is 28.0 Å². The molecule has 2 aliphatic heterocycles. The van der Waals surface area contributed by atoms with Crippen LogP contribution in [0.2, 0.25) is 0 Å². The minimum absolute atomic E-state index is 0.510. The maximum Gasteiger partial charge on any atom is 0.159 e. The highest BCUT2D eigenvalue weighted by atomic mass is 19.2. The molecule has 1 fully saturated rings. The van der Waals surface area contributed by atoms with E-state index in [4.69, 9.17) is 0 Å². The van der Waals surface area contributed by atoms with Crippen LogP contribution in [0.1, 0.15) is 24.8 Å². The summed E-state index contributed by atoms with van der Waals surface area (Å²) in [4.78, 5) is 10.00. The maximum absolute atomic E-state index is 13.9. The van der Waals surface area contributed by atoms with Gasteiger partial charge in [-0.05, 0) is 67.3 Å². The van der Waals surface area contributed by atoms with Gasteiger partial charge in [0.05, 0.1) is 5.69 Å². The zero-order valence-electron chi connectivity index (χ0n) is 15.5. The number of benzene rings is 1. The Morgan fingerprint density at radius 1 is 1.00 bits per heavy atom. The summed E-state index contributed by atoms with van der Waals surface area (Å²) in [5.41, 5.74) is 5.93. The van der Waals surface area contributed by atoms with Gasteiger partial charge in [-0.25, -0.2) is 8.78 Å². The Bertz CT molecular complexity index is 1040. The molecule has 4 heterocycles. The number of pyridine rings is 1. The van der Waals surface area contributed by atoms with Crippen molar-refractivity contribution in [1.29, 1.82) is 0 Å². The van der Waals surface area contributed by atoms with Crippen LogP contribution >= 0.6 is 0 Å². The van der Waals surface area contributed by atoms with Gasteiger partial charge in [0.2, 0.25) is 0 Å². The first-order chi connectivity index (χ1) is 13.7. The molecule has 0 spiro atoms. The molecule has 28 heavy (non-hydrogen) atoms. The molecule has 0 bridgehead atoms. The van der Waals surface area contributed by atoms with Crippen LogP contribution in [0.4, 0.5) is 8.78 Å². The van der Waals surface area contributed by atoms with E-state index in [1.54, 1.807) is 18.5 Å². The van der Waals surface area contributed by atoms with Gasteiger partial charge in [-0.2, -0.15) is 0 Å². The number of aromatic amines is 1. The molecular weight excluding hydrogens is 356 g/mol. The van der Waals surface area contributed by atoms with Crippen molar-refractivity contribution in [2.24, 2.45) is 0 Å². The van der Waals surface area contributed by atoms with Crippen molar-refractivity contribution in [2.45, 2.75) is 25.3 Å². The first kappa shape index (κ1) is 17.3. The Morgan fingerprint density at radius 3 is 2.68 bits per heavy atom. The Hall–Kier alpha value is -2.79. The van der Waals surface area contributed by atoms with Crippen molar-refractivity contribution in [2.75, 3.05) is 13.1 Å². The fourth-order valence-electron chi connectivity index (χ4n) is 4.50. The number of H-pyrrole nitrogens is 1. The molecule has 0 amide bonds. The zero-order chi connectivity index (χ0) is 19.1. The van der Waals surface area contributed by atoms with Gasteiger partial charge in [0.25, 0.3) is 0 Å². The fourth-order valence-corrected chi connectivity index (χ4v) is 4.50. The zero-order valence-corrected chi connectivity index (χ0v) is 15.5. The van der Waals surface area contributed by atoms with Gasteiger partial charge in [0.15, 0.2) is 11.6 Å². The molecule has 3 nitrogen and oxygen atoms in total. The van der Waals surface area contributed by atoms with Crippen LogP contribution in [-0.2, 0) is 0 Å². The van der Waals surface area contributed by atoms with Gasteiger partial charge in [0.1, 0.15) is 0 Å². The summed E-state index contributed by atoms with van der Waals surface area (Å²) in [6, 6.07) is 8.48. The molecule has 0 radical (unpaired) electrons. The second-order valence-electron chi connectivity index (χ2n) is 7.50. The SMILES string of the molecule is Fc1ccc(-c2[nH]cc(C3=C[C@@H]4CCCN4CC3)c2-c2ccncc2)cc1F. The van der Waals surface area contributed by atoms with E-state index in [0.717, 1.165) is 35.3 Å². The number of nitrogens with one attached hydrogen (secondary N) is 1. The summed E-state index contributed by atoms with van der Waals surface area (Å²) in [6.45, 7) is 2.25. The number of fused-ring (bicyclic) bond motifs is 1. The minimum Gasteiger partial charge on any atom is -0.360 e. The van der Waals surface area contributed by atoms with Crippen LogP contribution in [-0.4, -0.2) is 34.0 Å². The molecule has 0 unspecified atom stereocenters. The topological polar surface area (TPSA) is 31.9 Å². The number of rotatable bonds is 3. The second kappa shape index (κ2) is 6.99. The standard InChI is InChI=1S/C23H21F2N3/c24-20-4-3-17(13-21(20)25)23-22(15-5-8-26-9-6-15)19(14-27-23)16-7-11-28-10-1-2-18(28)12-16/h3-6,8-9,12-14,18,27H,1-2,7,10-11H2/t18-/m0/s1. The molecule has 5 heteroatoms. The van der Waals surface area contributed by atoms with Crippen LogP contribution in [0.3, 0.4) is 0 Å². The Labute approximate surface area is 162 Å². The smallest absolute Gasteiger partial charge is 0.159 e. The van der Waals surface area contributed by atoms with Crippen LogP contribution < -0.4 is 0 Å². The third-order valence-electron chi connectivity index (χ3n) is 5.88. The Kier molecular flexibility index (Phi) is 4.32. The third kappa shape index (κ3) is 2.96. The van der Waals surface area contributed by atoms with Gasteiger partial charge < -0.3 is 4.98 Å². The highest BCUT2D eigenvalue weighted by molar-refractivity contribution is 5.91. The Morgan fingerprint density at radius 2 is 1.86 bits per heavy atom. The summed E-state index contributed by atoms with van der Waals surface area (Å²) in [6.07, 6.45) is 11.4. The number of aromatic nitrogens is 2. The highest BCUT2D eigenvalue weighted by Crippen LogP contribution is 2.41. The van der Waals surface area contributed by atoms with Gasteiger partial charge in [-0.15, -0.1) is 0 Å². The van der Waals surface area contributed by atoms with Crippen molar-refractivity contribution in [3.05, 3.63) is 72.2 Å². The predicted octanol–water partition coefficient (Wildman–Crippen LogP) is 5.27. The van der Waals surface area contributed by atoms with E-state index in [-0.39, 0.29) is 0 Å². The number of nitrogens with zero attached hydrogens (tertiary/aromatic N) is 2. The van der Waals surface area contributed by atoms with Gasteiger partial charge >= 0.3 is 0 Å². The largest absolute Gasteiger partial charge is 0.360 e. The van der Waals surface area contributed by atoms with Gasteiger partial charge in [-0.1, -0.05) is 6.08 Å². The van der Waals surface area contributed by atoms with Crippen LogP contribution in [0.15, 0.2) is 55.0 Å². The van der Waals surface area contributed by atoms with E-state index < -0.39 is 11.6 Å². The molecule has 1 saturated heterocycles. The average molecular weight is 377 g/mol. The van der Waals surface area contributed by atoms with Crippen molar-refractivity contribution >= 4 is 5.57 Å². The molecule has 0 aliphatic carbocycles. The summed E-state index contributed by atoms with van der Waals surface area (Å²) in [5.74, 6) is -1.68. The lowest BCUT2D eigenvalue weighted by molar-refractivity contribution is 0.288. The number of hydrogen-bond donors (Lipinski definition) is 1. The molecule has 2 aliphatic rings.